The number of anilines is 1. The van der Waals surface area contributed by atoms with E-state index in [1.807, 2.05) is 6.92 Å². The van der Waals surface area contributed by atoms with E-state index in [1.165, 1.54) is 24.3 Å². The zero-order valence-electron chi connectivity index (χ0n) is 16.6. The molecule has 1 N–H and O–H groups in total. The van der Waals surface area contributed by atoms with E-state index in [0.29, 0.717) is 35.4 Å². The summed E-state index contributed by atoms with van der Waals surface area (Å²) in [4.78, 5) is 12.4. The number of carbonyl (C=O) groups is 1. The van der Waals surface area contributed by atoms with Crippen molar-refractivity contribution in [2.45, 2.75) is 21.9 Å². The average Bonchev–Trinajstić information content (AvgIpc) is 2.78. The van der Waals surface area contributed by atoms with Crippen LogP contribution in [0.2, 0.25) is 0 Å². The smallest absolute Gasteiger partial charge is 0.234 e. The van der Waals surface area contributed by atoms with Crippen LogP contribution in [0.3, 0.4) is 0 Å². The Morgan fingerprint density at radius 2 is 1.74 bits per heavy atom. The second-order valence-electron chi connectivity index (χ2n) is 6.72. The van der Waals surface area contributed by atoms with Crippen LogP contribution in [0.5, 0.6) is 11.5 Å². The monoisotopic (exact) mass is 457 g/mol. The molecule has 1 amide bonds. The van der Waals surface area contributed by atoms with Crippen molar-refractivity contribution in [1.82, 2.24) is 10.2 Å². The molecule has 0 radical (unpaired) electrons. The summed E-state index contributed by atoms with van der Waals surface area (Å²) in [6.45, 7) is 2.85. The van der Waals surface area contributed by atoms with Crippen LogP contribution in [0.25, 0.3) is 0 Å². The third-order valence-electron chi connectivity index (χ3n) is 4.40. The van der Waals surface area contributed by atoms with Crippen molar-refractivity contribution in [3.8, 4) is 11.5 Å². The maximum atomic E-state index is 12.6. The number of sulfone groups is 1. The number of rotatable bonds is 6. The van der Waals surface area contributed by atoms with E-state index < -0.39 is 9.84 Å². The van der Waals surface area contributed by atoms with Crippen molar-refractivity contribution >= 4 is 33.2 Å². The first-order chi connectivity index (χ1) is 14.9. The van der Waals surface area contributed by atoms with Crippen LogP contribution in [0.1, 0.15) is 5.56 Å². The number of nitrogens with zero attached hydrogens (tertiary/aromatic N) is 2. The molecule has 2 aromatic carbocycles. The van der Waals surface area contributed by atoms with Crippen LogP contribution < -0.4 is 14.8 Å². The maximum Gasteiger partial charge on any atom is 0.234 e. The van der Waals surface area contributed by atoms with Gasteiger partial charge >= 0.3 is 0 Å². The molecule has 0 fully saturated rings. The highest BCUT2D eigenvalue weighted by molar-refractivity contribution is 7.99. The Labute approximate surface area is 183 Å². The zero-order chi connectivity index (χ0) is 21.8. The Kier molecular flexibility index (Phi) is 6.10. The molecule has 10 heteroatoms. The molecule has 2 heterocycles. The summed E-state index contributed by atoms with van der Waals surface area (Å²) in [5.41, 5.74) is 1.56. The summed E-state index contributed by atoms with van der Waals surface area (Å²) in [5, 5.41) is 10.9. The van der Waals surface area contributed by atoms with Gasteiger partial charge in [0.15, 0.2) is 16.5 Å². The number of hydrogen-bond acceptors (Lipinski definition) is 8. The van der Waals surface area contributed by atoms with E-state index in [9.17, 15) is 13.2 Å². The molecule has 0 saturated carbocycles. The van der Waals surface area contributed by atoms with Gasteiger partial charge in [-0.2, -0.15) is 0 Å². The van der Waals surface area contributed by atoms with Gasteiger partial charge < -0.3 is 14.8 Å². The fourth-order valence-corrected chi connectivity index (χ4v) is 4.57. The molecular weight excluding hydrogens is 438 g/mol. The van der Waals surface area contributed by atoms with Crippen molar-refractivity contribution in [1.29, 1.82) is 0 Å². The fourth-order valence-electron chi connectivity index (χ4n) is 2.82. The molecular formula is C21H19N3O5S2. The Hall–Kier alpha value is -3.11. The first-order valence-electron chi connectivity index (χ1n) is 9.39. The summed E-state index contributed by atoms with van der Waals surface area (Å²) in [6.07, 6.45) is 0. The molecule has 3 aromatic rings. The molecule has 0 atom stereocenters. The number of benzene rings is 2. The molecule has 0 bridgehead atoms. The normalized spacial score (nSPS) is 12.9. The van der Waals surface area contributed by atoms with Crippen molar-refractivity contribution in [2.24, 2.45) is 0 Å². The number of amides is 1. The number of hydrogen-bond donors (Lipinski definition) is 1. The number of fused-ring (bicyclic) bond motifs is 1. The summed E-state index contributed by atoms with van der Waals surface area (Å²) in [5.74, 6) is 1.09. The molecule has 1 aliphatic rings. The Morgan fingerprint density at radius 1 is 1.00 bits per heavy atom. The summed E-state index contributed by atoms with van der Waals surface area (Å²) in [7, 11) is -3.74. The van der Waals surface area contributed by atoms with Gasteiger partial charge in [-0.1, -0.05) is 29.5 Å². The lowest BCUT2D eigenvalue weighted by Crippen LogP contribution is -2.17. The highest BCUT2D eigenvalue weighted by Gasteiger charge is 2.20. The molecule has 160 valence electrons. The van der Waals surface area contributed by atoms with E-state index in [1.54, 1.807) is 30.3 Å². The van der Waals surface area contributed by atoms with E-state index in [-0.39, 0.29) is 21.6 Å². The second-order valence-corrected chi connectivity index (χ2v) is 9.61. The van der Waals surface area contributed by atoms with Gasteiger partial charge in [0.1, 0.15) is 18.2 Å². The molecule has 0 saturated heterocycles. The first kappa shape index (κ1) is 21.1. The van der Waals surface area contributed by atoms with Crippen LogP contribution >= 0.6 is 11.8 Å². The Balaban J connectivity index is 1.36. The van der Waals surface area contributed by atoms with Crippen molar-refractivity contribution in [3.05, 3.63) is 60.2 Å². The molecule has 8 nitrogen and oxygen atoms in total. The second kappa shape index (κ2) is 8.94. The predicted molar refractivity (Wildman–Crippen MR) is 115 cm³/mol. The van der Waals surface area contributed by atoms with E-state index in [2.05, 4.69) is 15.5 Å². The predicted octanol–water partition coefficient (Wildman–Crippen LogP) is 3.12. The van der Waals surface area contributed by atoms with Crippen molar-refractivity contribution < 1.29 is 22.7 Å². The molecule has 31 heavy (non-hydrogen) atoms. The van der Waals surface area contributed by atoms with Crippen LogP contribution in [0.4, 0.5) is 5.69 Å². The average molecular weight is 458 g/mol. The molecule has 1 aliphatic heterocycles. The number of ether oxygens (including phenoxy) is 2. The largest absolute Gasteiger partial charge is 0.486 e. The number of aromatic nitrogens is 2. The van der Waals surface area contributed by atoms with Crippen LogP contribution in [0.15, 0.2) is 69.5 Å². The zero-order valence-corrected chi connectivity index (χ0v) is 18.2. The van der Waals surface area contributed by atoms with E-state index in [4.69, 9.17) is 9.47 Å². The lowest BCUT2D eigenvalue weighted by molar-refractivity contribution is -0.113. The molecule has 0 aliphatic carbocycles. The molecule has 1 aromatic heterocycles. The van der Waals surface area contributed by atoms with Crippen LogP contribution in [-0.2, 0) is 14.6 Å². The lowest BCUT2D eigenvalue weighted by atomic mass is 10.2. The Bertz CT molecular complexity index is 1200. The highest BCUT2D eigenvalue weighted by atomic mass is 32.2. The fraction of sp³-hybridized carbons (Fsp3) is 0.190. The third kappa shape index (κ3) is 4.97. The van der Waals surface area contributed by atoms with Gasteiger partial charge in [-0.3, -0.25) is 4.79 Å². The standard InChI is InChI=1S/C21H19N3O5S2/c1-14-2-5-16(6-3-14)31(26,27)21-9-8-20(23-24-21)30-13-19(25)22-15-4-7-17-18(12-15)29-11-10-28-17/h2-9,12H,10-11,13H2,1H3,(H,22,25). The topological polar surface area (TPSA) is 107 Å². The number of carbonyl (C=O) groups excluding carboxylic acids is 1. The summed E-state index contributed by atoms with van der Waals surface area (Å²) in [6, 6.07) is 14.7. The van der Waals surface area contributed by atoms with E-state index >= 15 is 0 Å². The van der Waals surface area contributed by atoms with Crippen LogP contribution in [-0.4, -0.2) is 43.5 Å². The van der Waals surface area contributed by atoms with Crippen LogP contribution in [0, 0.1) is 6.92 Å². The van der Waals surface area contributed by atoms with Gasteiger partial charge in [0.25, 0.3) is 0 Å². The lowest BCUT2D eigenvalue weighted by Gasteiger charge is -2.18. The summed E-state index contributed by atoms with van der Waals surface area (Å²) < 4.78 is 36.2. The molecule has 0 spiro atoms. The number of aryl methyl sites for hydroxylation is 1. The summed E-state index contributed by atoms with van der Waals surface area (Å²) >= 11 is 1.16. The van der Waals surface area contributed by atoms with Gasteiger partial charge in [-0.05, 0) is 43.3 Å². The quantitative estimate of drug-likeness (QED) is 0.563. The number of thioether (sulfide) groups is 1. The number of nitrogens with one attached hydrogen (secondary N) is 1. The van der Waals surface area contributed by atoms with E-state index in [0.717, 1.165) is 17.3 Å². The molecule has 4 rings (SSSR count). The molecule has 0 unspecified atom stereocenters. The van der Waals surface area contributed by atoms with Gasteiger partial charge in [-0.25, -0.2) is 8.42 Å². The minimum atomic E-state index is -3.74. The SMILES string of the molecule is Cc1ccc(S(=O)(=O)c2ccc(SCC(=O)Nc3ccc4c(c3)OCCO4)nn2)cc1. The minimum Gasteiger partial charge on any atom is -0.486 e. The Morgan fingerprint density at radius 3 is 2.45 bits per heavy atom. The maximum absolute atomic E-state index is 12.6. The van der Waals surface area contributed by atoms with Crippen molar-refractivity contribution in [3.63, 3.8) is 0 Å². The highest BCUT2D eigenvalue weighted by Crippen LogP contribution is 2.32. The third-order valence-corrected chi connectivity index (χ3v) is 6.98. The van der Waals surface area contributed by atoms with Gasteiger partial charge in [0, 0.05) is 11.8 Å². The van der Waals surface area contributed by atoms with Crippen molar-refractivity contribution in [2.75, 3.05) is 24.3 Å². The van der Waals surface area contributed by atoms with Gasteiger partial charge in [0.2, 0.25) is 15.7 Å². The minimum absolute atomic E-state index is 0.0905. The van der Waals surface area contributed by atoms with Gasteiger partial charge in [-0.15, -0.1) is 10.2 Å². The first-order valence-corrected chi connectivity index (χ1v) is 11.9. The van der Waals surface area contributed by atoms with Gasteiger partial charge in [0.05, 0.1) is 10.6 Å².